The van der Waals surface area contributed by atoms with Crippen LogP contribution in [-0.4, -0.2) is 6.21 Å². The van der Waals surface area contributed by atoms with Gasteiger partial charge in [0, 0.05) is 22.4 Å². The molecule has 134 valence electrons. The first-order valence-electron chi connectivity index (χ1n) is 8.91. The Morgan fingerprint density at radius 2 is 1.88 bits per heavy atom. The second-order valence-corrected chi connectivity index (χ2v) is 9.13. The number of thioether (sulfide) groups is 1. The average molecular weight is 354 g/mol. The summed E-state index contributed by atoms with van der Waals surface area (Å²) >= 11 is 1.78. The van der Waals surface area contributed by atoms with Gasteiger partial charge in [0.2, 0.25) is 0 Å². The van der Waals surface area contributed by atoms with Crippen molar-refractivity contribution in [1.82, 2.24) is 0 Å². The maximum atomic E-state index is 7.68. The predicted molar refractivity (Wildman–Crippen MR) is 113 cm³/mol. The number of hydrogen-bond donors (Lipinski definition) is 1. The van der Waals surface area contributed by atoms with Gasteiger partial charge in [0.25, 0.3) is 0 Å². The maximum absolute atomic E-state index is 7.68. The maximum Gasteiger partial charge on any atom is 0.0264 e. The molecule has 1 aromatic rings. The molecule has 1 nitrogen and oxygen atoms in total. The molecule has 1 fully saturated rings. The summed E-state index contributed by atoms with van der Waals surface area (Å²) in [5, 5.41) is 7.68. The van der Waals surface area contributed by atoms with Crippen LogP contribution >= 0.6 is 11.8 Å². The van der Waals surface area contributed by atoms with Crippen LogP contribution < -0.4 is 0 Å². The van der Waals surface area contributed by atoms with Crippen LogP contribution in [0, 0.1) is 16.2 Å². The number of hydrogen-bond acceptors (Lipinski definition) is 2. The van der Waals surface area contributed by atoms with Crippen molar-refractivity contribution in [2.75, 3.05) is 0 Å². The van der Waals surface area contributed by atoms with E-state index in [0.29, 0.717) is 16.7 Å². The minimum absolute atomic E-state index is 0.363. The normalized spacial score (nSPS) is 19.6. The molecule has 0 aliphatic heterocycles. The molecule has 1 N–H and O–H groups in total. The lowest BCUT2D eigenvalue weighted by Gasteiger charge is -2.10. The smallest absolute Gasteiger partial charge is 0.0264 e. The van der Waals surface area contributed by atoms with Crippen molar-refractivity contribution in [2.45, 2.75) is 53.2 Å². The molecule has 2 rings (SSSR count). The first-order valence-corrected chi connectivity index (χ1v) is 9.90. The Morgan fingerprint density at radius 3 is 2.36 bits per heavy atom. The molecular weight excluding hydrogens is 322 g/mol. The van der Waals surface area contributed by atoms with Gasteiger partial charge in [0.1, 0.15) is 0 Å². The third-order valence-electron chi connectivity index (χ3n) is 5.89. The van der Waals surface area contributed by atoms with Crippen molar-refractivity contribution in [3.05, 3.63) is 70.2 Å². The summed E-state index contributed by atoms with van der Waals surface area (Å²) in [6.45, 7) is 17.5. The Morgan fingerprint density at radius 1 is 1.24 bits per heavy atom. The quantitative estimate of drug-likeness (QED) is 0.409. The van der Waals surface area contributed by atoms with Crippen LogP contribution in [0.3, 0.4) is 0 Å². The zero-order valence-electron chi connectivity index (χ0n) is 16.4. The van der Waals surface area contributed by atoms with Gasteiger partial charge in [0.15, 0.2) is 0 Å². The molecule has 25 heavy (non-hydrogen) atoms. The molecule has 0 bridgehead atoms. The fourth-order valence-electron chi connectivity index (χ4n) is 3.82. The van der Waals surface area contributed by atoms with Gasteiger partial charge in [-0.2, -0.15) is 0 Å². The van der Waals surface area contributed by atoms with Crippen molar-refractivity contribution < 1.29 is 0 Å². The average Bonchev–Trinajstić information content (AvgIpc) is 2.94. The molecule has 0 amide bonds. The van der Waals surface area contributed by atoms with Gasteiger partial charge in [0.05, 0.1) is 0 Å². The van der Waals surface area contributed by atoms with Gasteiger partial charge < -0.3 is 5.41 Å². The van der Waals surface area contributed by atoms with Crippen LogP contribution in [0.25, 0.3) is 0 Å². The Hall–Kier alpha value is -1.54. The Kier molecular flexibility index (Phi) is 5.83. The van der Waals surface area contributed by atoms with Crippen LogP contribution in [0.1, 0.15) is 58.6 Å². The van der Waals surface area contributed by atoms with Crippen LogP contribution in [0.5, 0.6) is 0 Å². The number of allylic oxidation sites excluding steroid dienone is 4. The van der Waals surface area contributed by atoms with Crippen LogP contribution in [0.4, 0.5) is 0 Å². The highest BCUT2D eigenvalue weighted by molar-refractivity contribution is 8.02. The topological polar surface area (TPSA) is 23.9 Å². The van der Waals surface area contributed by atoms with E-state index in [1.54, 1.807) is 11.8 Å². The van der Waals surface area contributed by atoms with Gasteiger partial charge >= 0.3 is 0 Å². The lowest BCUT2D eigenvalue weighted by Crippen LogP contribution is -1.95. The molecule has 0 unspecified atom stereocenters. The summed E-state index contributed by atoms with van der Waals surface area (Å²) in [5.41, 5.74) is 5.38. The summed E-state index contributed by atoms with van der Waals surface area (Å²) in [4.78, 5) is 1.11. The lowest BCUT2D eigenvalue weighted by atomic mass is 10.0. The Balaban J connectivity index is 2.20. The van der Waals surface area contributed by atoms with Crippen LogP contribution in [0.15, 0.2) is 59.0 Å². The second-order valence-electron chi connectivity index (χ2n) is 8.11. The monoisotopic (exact) mass is 353 g/mol. The molecule has 0 saturated heterocycles. The molecule has 0 heterocycles. The van der Waals surface area contributed by atoms with Gasteiger partial charge in [-0.15, -0.1) is 11.8 Å². The Bertz CT molecular complexity index is 720. The van der Waals surface area contributed by atoms with Crippen molar-refractivity contribution in [3.8, 4) is 0 Å². The summed E-state index contributed by atoms with van der Waals surface area (Å²) in [6.07, 6.45) is 5.52. The zero-order valence-corrected chi connectivity index (χ0v) is 17.3. The molecule has 0 aromatic heterocycles. The van der Waals surface area contributed by atoms with Crippen LogP contribution in [0.2, 0.25) is 0 Å². The van der Waals surface area contributed by atoms with Gasteiger partial charge in [-0.1, -0.05) is 70.7 Å². The van der Waals surface area contributed by atoms with E-state index in [2.05, 4.69) is 64.6 Å². The van der Waals surface area contributed by atoms with Gasteiger partial charge in [-0.25, -0.2) is 0 Å². The van der Waals surface area contributed by atoms with Crippen molar-refractivity contribution in [2.24, 2.45) is 10.8 Å². The van der Waals surface area contributed by atoms with Crippen molar-refractivity contribution in [1.29, 1.82) is 5.41 Å². The zero-order chi connectivity index (χ0) is 18.8. The fourth-order valence-corrected chi connectivity index (χ4v) is 4.95. The summed E-state index contributed by atoms with van der Waals surface area (Å²) in [6, 6.07) is 9.03. The second kappa shape index (κ2) is 7.37. The van der Waals surface area contributed by atoms with E-state index in [0.717, 1.165) is 21.8 Å². The van der Waals surface area contributed by atoms with E-state index in [4.69, 9.17) is 5.41 Å². The van der Waals surface area contributed by atoms with Crippen LogP contribution in [-0.2, 0) is 5.75 Å². The molecule has 1 aliphatic rings. The lowest BCUT2D eigenvalue weighted by molar-refractivity contribution is 0.457. The highest BCUT2D eigenvalue weighted by atomic mass is 32.2. The molecule has 0 spiro atoms. The minimum Gasteiger partial charge on any atom is -0.308 e. The summed E-state index contributed by atoms with van der Waals surface area (Å²) < 4.78 is 0. The highest BCUT2D eigenvalue weighted by Gasteiger charge is 2.64. The van der Waals surface area contributed by atoms with Gasteiger partial charge in [-0.3, -0.25) is 0 Å². The van der Waals surface area contributed by atoms with E-state index in [1.165, 1.54) is 17.3 Å². The minimum atomic E-state index is 0.363. The highest BCUT2D eigenvalue weighted by Crippen LogP contribution is 2.73. The summed E-state index contributed by atoms with van der Waals surface area (Å²) in [7, 11) is 0. The largest absolute Gasteiger partial charge is 0.308 e. The third-order valence-corrected chi connectivity index (χ3v) is 7.03. The molecule has 1 saturated carbocycles. The van der Waals surface area contributed by atoms with E-state index in [9.17, 15) is 0 Å². The molecule has 0 radical (unpaired) electrons. The fraction of sp³-hybridized carbons (Fsp3) is 0.435. The number of rotatable bonds is 7. The molecule has 1 aromatic carbocycles. The van der Waals surface area contributed by atoms with E-state index >= 15 is 0 Å². The first-order chi connectivity index (χ1) is 11.7. The number of nitrogens with one attached hydrogen (secondary N) is 1. The predicted octanol–water partition coefficient (Wildman–Crippen LogP) is 7.13. The molecule has 2 heteroatoms. The Labute approximate surface area is 157 Å². The van der Waals surface area contributed by atoms with E-state index in [-0.39, 0.29) is 0 Å². The number of benzene rings is 1. The van der Waals surface area contributed by atoms with Crippen molar-refractivity contribution >= 4 is 18.0 Å². The molecule has 0 atom stereocenters. The molecular formula is C23H31NS. The van der Waals surface area contributed by atoms with E-state index < -0.39 is 0 Å². The first kappa shape index (κ1) is 19.8. The molecule has 1 aliphatic carbocycles. The van der Waals surface area contributed by atoms with Crippen molar-refractivity contribution in [3.63, 3.8) is 0 Å². The SMILES string of the molecule is C=C(C)/C(C=N)=C(\C=CC)SCc1cccc(C2C(C)(C)C2(C)C)c1. The van der Waals surface area contributed by atoms with E-state index in [1.807, 2.05) is 19.9 Å². The standard InChI is InChI=1S/C23H31NS/c1-8-10-20(19(14-24)16(2)3)25-15-17-11-9-12-18(13-17)21-22(4,5)23(21,6)7/h8-14,21,24H,2,15H2,1,3-7H3/b10-8?,20-19+,24-14?. The summed E-state index contributed by atoms with van der Waals surface area (Å²) in [5.74, 6) is 1.54. The van der Waals surface area contributed by atoms with Gasteiger partial charge in [-0.05, 0) is 47.3 Å². The third kappa shape index (κ3) is 3.84.